The lowest BCUT2D eigenvalue weighted by molar-refractivity contribution is 0.387. The van der Waals surface area contributed by atoms with Gasteiger partial charge in [-0.1, -0.05) is 32.9 Å². The van der Waals surface area contributed by atoms with Crippen LogP contribution in [0.3, 0.4) is 0 Å². The van der Waals surface area contributed by atoms with Crippen molar-refractivity contribution in [2.45, 2.75) is 47.5 Å². The van der Waals surface area contributed by atoms with Gasteiger partial charge in [0.05, 0.1) is 5.69 Å². The fourth-order valence-corrected chi connectivity index (χ4v) is 0.973. The summed E-state index contributed by atoms with van der Waals surface area (Å²) in [6, 6.07) is 0. The summed E-state index contributed by atoms with van der Waals surface area (Å²) >= 11 is 0. The first kappa shape index (κ1) is 11.2. The monoisotopic (exact) mass is 169 g/mol. The normalized spacial score (nSPS) is 9.58. The predicted octanol–water partition coefficient (Wildman–Crippen LogP) is 3.44. The van der Waals surface area contributed by atoms with E-state index in [1.165, 1.54) is 5.56 Å². The highest BCUT2D eigenvalue weighted by Gasteiger charge is 2.10. The van der Waals surface area contributed by atoms with E-state index in [1.807, 2.05) is 27.7 Å². The highest BCUT2D eigenvalue weighted by atomic mass is 16.5. The third-order valence-corrected chi connectivity index (χ3v) is 1.74. The molecule has 0 aliphatic heterocycles. The quantitative estimate of drug-likeness (QED) is 0.643. The van der Waals surface area contributed by atoms with Gasteiger partial charge in [-0.3, -0.25) is 0 Å². The van der Waals surface area contributed by atoms with Crippen molar-refractivity contribution in [3.8, 4) is 0 Å². The Morgan fingerprint density at radius 3 is 1.83 bits per heavy atom. The molecule has 70 valence electrons. The highest BCUT2D eigenvalue weighted by molar-refractivity contribution is 5.22. The molecule has 0 amide bonds. The lowest BCUT2D eigenvalue weighted by atomic mass is 10.1. The molecule has 0 N–H and O–H groups in total. The summed E-state index contributed by atoms with van der Waals surface area (Å²) in [5.74, 6) is 1.40. The van der Waals surface area contributed by atoms with E-state index in [1.54, 1.807) is 0 Å². The number of aryl methyl sites for hydroxylation is 1. The van der Waals surface area contributed by atoms with Crippen LogP contribution in [0.25, 0.3) is 0 Å². The highest BCUT2D eigenvalue weighted by Crippen LogP contribution is 2.19. The lowest BCUT2D eigenvalue weighted by Gasteiger charge is -1.97. The molecule has 0 atom stereocenters. The maximum atomic E-state index is 5.01. The van der Waals surface area contributed by atoms with Crippen molar-refractivity contribution in [2.75, 3.05) is 0 Å². The van der Waals surface area contributed by atoms with E-state index in [9.17, 15) is 0 Å². The van der Waals surface area contributed by atoms with E-state index in [-0.39, 0.29) is 0 Å². The maximum absolute atomic E-state index is 5.01. The topological polar surface area (TPSA) is 26.0 Å². The van der Waals surface area contributed by atoms with Crippen LogP contribution in [0.4, 0.5) is 0 Å². The Bertz CT molecular complexity index is 226. The van der Waals surface area contributed by atoms with E-state index >= 15 is 0 Å². The first-order valence-corrected chi connectivity index (χ1v) is 4.55. The fourth-order valence-electron chi connectivity index (χ4n) is 0.973. The molecule has 0 bridgehead atoms. The van der Waals surface area contributed by atoms with Crippen LogP contribution in [0.1, 0.15) is 50.6 Å². The molecule has 0 aromatic carbocycles. The largest absolute Gasteiger partial charge is 0.361 e. The van der Waals surface area contributed by atoms with E-state index < -0.39 is 0 Å². The Kier molecular flexibility index (Phi) is 4.64. The summed E-state index contributed by atoms with van der Waals surface area (Å²) in [6.45, 7) is 12.2. The smallest absolute Gasteiger partial charge is 0.136 e. The molecule has 1 aromatic rings. The number of hydrogen-bond acceptors (Lipinski definition) is 2. The van der Waals surface area contributed by atoms with Crippen molar-refractivity contribution >= 4 is 0 Å². The van der Waals surface area contributed by atoms with Gasteiger partial charge in [-0.2, -0.15) is 0 Å². The first-order valence-electron chi connectivity index (χ1n) is 4.55. The molecule has 0 aliphatic rings. The molecule has 1 rings (SSSR count). The molecular formula is C10H19NO. The van der Waals surface area contributed by atoms with Crippen LogP contribution < -0.4 is 0 Å². The van der Waals surface area contributed by atoms with Crippen LogP contribution in [0, 0.1) is 13.8 Å². The van der Waals surface area contributed by atoms with Gasteiger partial charge in [0, 0.05) is 5.56 Å². The third-order valence-electron chi connectivity index (χ3n) is 1.74. The second kappa shape index (κ2) is 4.96. The van der Waals surface area contributed by atoms with Gasteiger partial charge in [-0.05, 0) is 19.8 Å². The zero-order valence-electron chi connectivity index (χ0n) is 8.93. The lowest BCUT2D eigenvalue weighted by Crippen LogP contribution is -1.89. The van der Waals surface area contributed by atoms with Gasteiger partial charge in [-0.15, -0.1) is 0 Å². The van der Waals surface area contributed by atoms with Crippen molar-refractivity contribution in [1.29, 1.82) is 0 Å². The van der Waals surface area contributed by atoms with E-state index in [0.29, 0.717) is 5.92 Å². The van der Waals surface area contributed by atoms with Crippen molar-refractivity contribution in [2.24, 2.45) is 0 Å². The van der Waals surface area contributed by atoms with Crippen LogP contribution in [0.5, 0.6) is 0 Å². The number of aromatic nitrogens is 1. The van der Waals surface area contributed by atoms with Crippen molar-refractivity contribution in [1.82, 2.24) is 5.16 Å². The van der Waals surface area contributed by atoms with Crippen LogP contribution >= 0.6 is 0 Å². The molecule has 1 heterocycles. The van der Waals surface area contributed by atoms with E-state index in [2.05, 4.69) is 19.0 Å². The second-order valence-corrected chi connectivity index (χ2v) is 2.90. The average Bonchev–Trinajstić information content (AvgIpc) is 2.37. The summed E-state index contributed by atoms with van der Waals surface area (Å²) in [5, 5.41) is 3.94. The Balaban J connectivity index is 0.000000561. The molecule has 0 unspecified atom stereocenters. The zero-order valence-corrected chi connectivity index (χ0v) is 8.93. The molecule has 0 aliphatic carbocycles. The third kappa shape index (κ3) is 2.36. The SMILES string of the molecule is CC.Cc1onc(C(C)C)c1C. The average molecular weight is 169 g/mol. The van der Waals surface area contributed by atoms with Gasteiger partial charge in [-0.25, -0.2) is 0 Å². The summed E-state index contributed by atoms with van der Waals surface area (Å²) in [4.78, 5) is 0. The Hall–Kier alpha value is -0.790. The second-order valence-electron chi connectivity index (χ2n) is 2.90. The molecule has 1 aromatic heterocycles. The Morgan fingerprint density at radius 1 is 1.17 bits per heavy atom. The molecule has 2 nitrogen and oxygen atoms in total. The van der Waals surface area contributed by atoms with Crippen LogP contribution in [-0.4, -0.2) is 5.16 Å². The number of rotatable bonds is 1. The molecule has 0 saturated carbocycles. The summed E-state index contributed by atoms with van der Waals surface area (Å²) in [6.07, 6.45) is 0. The van der Waals surface area contributed by atoms with Gasteiger partial charge < -0.3 is 4.52 Å². The molecular weight excluding hydrogens is 150 g/mol. The molecule has 2 heteroatoms. The van der Waals surface area contributed by atoms with Crippen molar-refractivity contribution < 1.29 is 4.52 Å². The number of nitrogens with zero attached hydrogens (tertiary/aromatic N) is 1. The van der Waals surface area contributed by atoms with Crippen molar-refractivity contribution in [3.63, 3.8) is 0 Å². The number of hydrogen-bond donors (Lipinski definition) is 0. The van der Waals surface area contributed by atoms with E-state index in [4.69, 9.17) is 4.52 Å². The predicted molar refractivity (Wildman–Crippen MR) is 51.4 cm³/mol. The Labute approximate surface area is 75.0 Å². The minimum Gasteiger partial charge on any atom is -0.361 e. The molecule has 0 radical (unpaired) electrons. The van der Waals surface area contributed by atoms with E-state index in [0.717, 1.165) is 11.5 Å². The maximum Gasteiger partial charge on any atom is 0.136 e. The molecule has 12 heavy (non-hydrogen) atoms. The standard InChI is InChI=1S/C8H13NO.C2H6/c1-5(2)8-6(3)7(4)10-9-8;1-2/h5H,1-4H3;1-2H3. The van der Waals surface area contributed by atoms with Crippen LogP contribution in [-0.2, 0) is 0 Å². The Morgan fingerprint density at radius 2 is 1.67 bits per heavy atom. The van der Waals surface area contributed by atoms with Gasteiger partial charge in [0.25, 0.3) is 0 Å². The van der Waals surface area contributed by atoms with Gasteiger partial charge in [0.2, 0.25) is 0 Å². The van der Waals surface area contributed by atoms with Crippen LogP contribution in [0.2, 0.25) is 0 Å². The molecule has 0 spiro atoms. The van der Waals surface area contributed by atoms with Crippen LogP contribution in [0.15, 0.2) is 4.52 Å². The van der Waals surface area contributed by atoms with Gasteiger partial charge >= 0.3 is 0 Å². The first-order chi connectivity index (χ1) is 5.63. The van der Waals surface area contributed by atoms with Gasteiger partial charge in [0.1, 0.15) is 5.76 Å². The summed E-state index contributed by atoms with van der Waals surface area (Å²) in [5.41, 5.74) is 2.27. The minimum atomic E-state index is 0.470. The van der Waals surface area contributed by atoms with Gasteiger partial charge in [0.15, 0.2) is 0 Å². The van der Waals surface area contributed by atoms with Crippen molar-refractivity contribution in [3.05, 3.63) is 17.0 Å². The fraction of sp³-hybridized carbons (Fsp3) is 0.700. The summed E-state index contributed by atoms with van der Waals surface area (Å²) in [7, 11) is 0. The molecule has 0 saturated heterocycles. The minimum absolute atomic E-state index is 0.470. The zero-order chi connectivity index (χ0) is 9.72. The molecule has 0 fully saturated rings. The summed E-state index contributed by atoms with van der Waals surface area (Å²) < 4.78 is 5.01.